The summed E-state index contributed by atoms with van der Waals surface area (Å²) >= 11 is 0. The molecule has 1 aromatic heterocycles. The van der Waals surface area contributed by atoms with Gasteiger partial charge in [0.2, 0.25) is 5.88 Å². The van der Waals surface area contributed by atoms with Crippen molar-refractivity contribution in [3.8, 4) is 5.88 Å². The molecular weight excluding hydrogens is 463 g/mol. The van der Waals surface area contributed by atoms with Crippen LogP contribution in [0.2, 0.25) is 0 Å². The van der Waals surface area contributed by atoms with Gasteiger partial charge in [-0.05, 0) is 35.6 Å². The van der Waals surface area contributed by atoms with Gasteiger partial charge < -0.3 is 14.5 Å². The molecule has 11 heteroatoms. The monoisotopic (exact) mass is 492 g/mol. The van der Waals surface area contributed by atoms with Gasteiger partial charge in [0, 0.05) is 54.5 Å². The molecule has 9 nitrogen and oxygen atoms in total. The lowest BCUT2D eigenvalue weighted by atomic mass is 9.80. The first-order chi connectivity index (χ1) is 16.0. The Labute approximate surface area is 198 Å². The average Bonchev–Trinajstić information content (AvgIpc) is 3.21. The first kappa shape index (κ1) is 24.2. The van der Waals surface area contributed by atoms with Crippen LogP contribution in [0.15, 0.2) is 35.5 Å². The maximum atomic E-state index is 12.6. The van der Waals surface area contributed by atoms with Crippen molar-refractivity contribution < 1.29 is 27.4 Å². The molecule has 0 saturated carbocycles. The van der Waals surface area contributed by atoms with Gasteiger partial charge in [0.25, 0.3) is 0 Å². The van der Waals surface area contributed by atoms with Crippen LogP contribution in [0.3, 0.4) is 0 Å². The second-order valence-electron chi connectivity index (χ2n) is 9.86. The number of hydrogen-bond acceptors (Lipinski definition) is 8. The lowest BCUT2D eigenvalue weighted by Crippen LogP contribution is -2.53. The van der Waals surface area contributed by atoms with Crippen LogP contribution in [0.25, 0.3) is 0 Å². The third-order valence-corrected chi connectivity index (χ3v) is 7.53. The van der Waals surface area contributed by atoms with E-state index < -0.39 is 15.9 Å². The van der Waals surface area contributed by atoms with E-state index in [0.717, 1.165) is 11.3 Å². The number of nitrogens with zero attached hydrogens (tertiary/aromatic N) is 4. The van der Waals surface area contributed by atoms with Gasteiger partial charge >= 0.3 is 6.09 Å². The number of carbonyl (C=O) groups is 1. The molecular formula is C23H29FN4O5S. The van der Waals surface area contributed by atoms with Crippen LogP contribution in [-0.4, -0.2) is 60.9 Å². The topological polar surface area (TPSA) is 102 Å². The Balaban J connectivity index is 1.51. The molecule has 2 aromatic rings. The van der Waals surface area contributed by atoms with Crippen molar-refractivity contribution in [2.45, 2.75) is 57.1 Å². The molecule has 1 aromatic carbocycles. The molecule has 2 aliphatic rings. The number of piperidine rings is 1. The summed E-state index contributed by atoms with van der Waals surface area (Å²) < 4.78 is 42.5. The van der Waals surface area contributed by atoms with Crippen LogP contribution in [0, 0.1) is 5.41 Å². The van der Waals surface area contributed by atoms with Gasteiger partial charge in [-0.2, -0.15) is 0 Å². The van der Waals surface area contributed by atoms with E-state index in [-0.39, 0.29) is 17.6 Å². The summed E-state index contributed by atoms with van der Waals surface area (Å²) in [6, 6.07) is 6.62. The third kappa shape index (κ3) is 4.94. The number of anilines is 2. The van der Waals surface area contributed by atoms with E-state index in [1.165, 1.54) is 17.5 Å². The van der Waals surface area contributed by atoms with E-state index in [2.05, 4.69) is 14.9 Å². The molecule has 1 amide bonds. The van der Waals surface area contributed by atoms with Crippen LogP contribution in [0.5, 0.6) is 5.88 Å². The highest BCUT2D eigenvalue weighted by atomic mass is 32.2. The second-order valence-corrected chi connectivity index (χ2v) is 11.9. The Morgan fingerprint density at radius 1 is 1.18 bits per heavy atom. The molecule has 3 heterocycles. The summed E-state index contributed by atoms with van der Waals surface area (Å²) in [5.74, 6) is 1.06. The minimum atomic E-state index is -3.27. The molecule has 1 fully saturated rings. The first-order valence-electron chi connectivity index (χ1n) is 11.2. The van der Waals surface area contributed by atoms with Crippen LogP contribution in [-0.2, 0) is 21.2 Å². The standard InChI is InChI=1S/C23H29FN4O5S/c1-23(2,3)19-12-16(8-10-28(19)22(29)33-24)32-21-13-20(25-14-26-21)27-9-7-15-11-17(34(4,30)31)5-6-18(15)27/h5-6,11,13-14,16,19H,7-10,12H2,1-4H3. The Kier molecular flexibility index (Phi) is 6.41. The van der Waals surface area contributed by atoms with Gasteiger partial charge in [0.05, 0.1) is 4.90 Å². The highest BCUT2D eigenvalue weighted by Gasteiger charge is 2.40. The summed E-state index contributed by atoms with van der Waals surface area (Å²) in [4.78, 5) is 27.7. The van der Waals surface area contributed by atoms with Crippen molar-refractivity contribution in [3.05, 3.63) is 36.2 Å². The minimum Gasteiger partial charge on any atom is -0.474 e. The number of amides is 1. The van der Waals surface area contributed by atoms with Crippen molar-refractivity contribution in [1.82, 2.24) is 14.9 Å². The summed E-state index contributed by atoms with van der Waals surface area (Å²) in [5, 5.41) is 0. The fourth-order valence-electron chi connectivity index (χ4n) is 4.68. The van der Waals surface area contributed by atoms with Gasteiger partial charge in [-0.3, -0.25) is 0 Å². The molecule has 2 atom stereocenters. The van der Waals surface area contributed by atoms with Gasteiger partial charge in [-0.15, -0.1) is 0 Å². The number of hydrogen-bond donors (Lipinski definition) is 0. The van der Waals surface area contributed by atoms with Crippen molar-refractivity contribution in [3.63, 3.8) is 0 Å². The lowest BCUT2D eigenvalue weighted by molar-refractivity contribution is -0.0980. The van der Waals surface area contributed by atoms with Crippen molar-refractivity contribution >= 4 is 27.4 Å². The Morgan fingerprint density at radius 2 is 1.94 bits per heavy atom. The van der Waals surface area contributed by atoms with Crippen LogP contribution in [0.1, 0.15) is 39.2 Å². The number of carbonyl (C=O) groups excluding carboxylic acids is 1. The zero-order valence-corrected chi connectivity index (χ0v) is 20.5. The van der Waals surface area contributed by atoms with Crippen LogP contribution in [0.4, 0.5) is 20.8 Å². The van der Waals surface area contributed by atoms with Crippen molar-refractivity contribution in [1.29, 1.82) is 0 Å². The molecule has 184 valence electrons. The maximum absolute atomic E-state index is 12.6. The molecule has 2 aliphatic heterocycles. The van der Waals surface area contributed by atoms with E-state index >= 15 is 0 Å². The van der Waals surface area contributed by atoms with Gasteiger partial charge in [0.15, 0.2) is 9.84 Å². The normalized spacial score (nSPS) is 20.7. The maximum Gasteiger partial charge on any atom is 0.447 e. The summed E-state index contributed by atoms with van der Waals surface area (Å²) in [5.41, 5.74) is 1.56. The fraction of sp³-hybridized carbons (Fsp3) is 0.522. The summed E-state index contributed by atoms with van der Waals surface area (Å²) in [7, 11) is -3.27. The SMILES string of the molecule is CC(C)(C)C1CC(Oc2cc(N3CCc4cc(S(C)(=O)=O)ccc43)ncn2)CCN1C(=O)OF. The molecule has 1 saturated heterocycles. The Morgan fingerprint density at radius 3 is 2.62 bits per heavy atom. The van der Waals surface area contributed by atoms with Crippen molar-refractivity contribution in [2.75, 3.05) is 24.2 Å². The minimum absolute atomic E-state index is 0.209. The highest BCUT2D eigenvalue weighted by molar-refractivity contribution is 7.90. The molecule has 0 N–H and O–H groups in total. The second kappa shape index (κ2) is 9.01. The zero-order chi connectivity index (χ0) is 24.7. The fourth-order valence-corrected chi connectivity index (χ4v) is 5.36. The summed E-state index contributed by atoms with van der Waals surface area (Å²) in [6.45, 7) is 6.94. The average molecular weight is 493 g/mol. The van der Waals surface area contributed by atoms with E-state index in [0.29, 0.717) is 48.9 Å². The number of likely N-dealkylation sites (tertiary alicyclic amines) is 1. The largest absolute Gasteiger partial charge is 0.474 e. The van der Waals surface area contributed by atoms with Crippen LogP contribution < -0.4 is 9.64 Å². The number of fused-ring (bicyclic) bond motifs is 1. The van der Waals surface area contributed by atoms with Gasteiger partial charge in [0.1, 0.15) is 18.2 Å². The number of rotatable bonds is 4. The van der Waals surface area contributed by atoms with E-state index in [1.54, 1.807) is 24.3 Å². The summed E-state index contributed by atoms with van der Waals surface area (Å²) in [6.07, 6.45) is 3.18. The molecule has 34 heavy (non-hydrogen) atoms. The molecule has 2 unspecified atom stereocenters. The molecule has 0 aliphatic carbocycles. The quantitative estimate of drug-likeness (QED) is 0.634. The number of benzene rings is 1. The molecule has 0 bridgehead atoms. The highest BCUT2D eigenvalue weighted by Crippen LogP contribution is 2.37. The third-order valence-electron chi connectivity index (χ3n) is 6.42. The number of ether oxygens (including phenoxy) is 1. The van der Waals surface area contributed by atoms with E-state index in [9.17, 15) is 17.7 Å². The Bertz CT molecular complexity index is 1180. The smallest absolute Gasteiger partial charge is 0.447 e. The van der Waals surface area contributed by atoms with Gasteiger partial charge in [-0.1, -0.05) is 20.8 Å². The lowest BCUT2D eigenvalue weighted by Gasteiger charge is -2.44. The predicted molar refractivity (Wildman–Crippen MR) is 123 cm³/mol. The molecule has 0 radical (unpaired) electrons. The Hall–Kier alpha value is -2.95. The molecule has 0 spiro atoms. The number of halogens is 1. The van der Waals surface area contributed by atoms with E-state index in [1.807, 2.05) is 25.7 Å². The first-order valence-corrected chi connectivity index (χ1v) is 13.0. The van der Waals surface area contributed by atoms with Crippen molar-refractivity contribution in [2.24, 2.45) is 5.41 Å². The predicted octanol–water partition coefficient (Wildman–Crippen LogP) is 3.85. The molecule has 4 rings (SSSR count). The van der Waals surface area contributed by atoms with Crippen LogP contribution >= 0.6 is 0 Å². The number of aromatic nitrogens is 2. The number of sulfone groups is 1. The van der Waals surface area contributed by atoms with Gasteiger partial charge in [-0.25, -0.2) is 28.1 Å². The van der Waals surface area contributed by atoms with E-state index in [4.69, 9.17) is 4.74 Å². The zero-order valence-electron chi connectivity index (χ0n) is 19.7.